The third-order valence-electron chi connectivity index (χ3n) is 6.15. The number of nitrogens with one attached hydrogen (secondary N) is 2. The molecule has 6 nitrogen and oxygen atoms in total. The Kier molecular flexibility index (Phi) is 10.2. The number of fused-ring (bicyclic) bond motifs is 1. The van der Waals surface area contributed by atoms with E-state index in [0.717, 1.165) is 45.0 Å². The average Bonchev–Trinajstić information content (AvgIpc) is 3.38. The normalized spacial score (nSPS) is 18.1. The lowest BCUT2D eigenvalue weighted by atomic mass is 9.83. The molecule has 2 heterocycles. The molecule has 0 bridgehead atoms. The molecule has 1 saturated carbocycles. The van der Waals surface area contributed by atoms with Crippen molar-refractivity contribution in [3.63, 3.8) is 0 Å². The van der Waals surface area contributed by atoms with Crippen molar-refractivity contribution in [2.24, 2.45) is 10.4 Å². The minimum absolute atomic E-state index is 0. The Balaban J connectivity index is 0.00000300. The van der Waals surface area contributed by atoms with Gasteiger partial charge in [-0.25, -0.2) is 0 Å². The highest BCUT2D eigenvalue weighted by Gasteiger charge is 2.33. The Hall–Kier alpha value is -0.870. The Bertz CT molecular complexity index is 673. The predicted octanol–water partition coefficient (Wildman–Crippen LogP) is 3.40. The van der Waals surface area contributed by atoms with E-state index in [1.165, 1.54) is 36.1 Å². The fourth-order valence-corrected chi connectivity index (χ4v) is 5.25. The number of thiophene rings is 1. The highest BCUT2D eigenvalue weighted by Crippen LogP contribution is 2.40. The number of carbonyl (C=O) groups is 1. The second kappa shape index (κ2) is 12.1. The number of hydrogen-bond acceptors (Lipinski definition) is 4. The summed E-state index contributed by atoms with van der Waals surface area (Å²) >= 11 is 1.80. The molecule has 0 saturated heterocycles. The molecule has 0 aromatic carbocycles. The molecular formula is C21H35IN4O2S. The van der Waals surface area contributed by atoms with Crippen LogP contribution in [0.3, 0.4) is 0 Å². The Morgan fingerprint density at radius 1 is 1.34 bits per heavy atom. The van der Waals surface area contributed by atoms with Crippen LogP contribution in [-0.4, -0.2) is 57.2 Å². The predicted molar refractivity (Wildman–Crippen MR) is 130 cm³/mol. The number of hydrogen-bond donors (Lipinski definition) is 2. The van der Waals surface area contributed by atoms with Gasteiger partial charge in [-0.05, 0) is 48.1 Å². The number of ether oxygens (including phenoxy) is 1. The van der Waals surface area contributed by atoms with E-state index < -0.39 is 0 Å². The van der Waals surface area contributed by atoms with Crippen LogP contribution in [0.2, 0.25) is 0 Å². The number of methoxy groups -OCH3 is 1. The van der Waals surface area contributed by atoms with E-state index in [2.05, 4.69) is 27.1 Å². The molecule has 0 radical (unpaired) electrons. The van der Waals surface area contributed by atoms with E-state index in [1.807, 2.05) is 4.90 Å². The first-order chi connectivity index (χ1) is 13.7. The first-order valence-corrected chi connectivity index (χ1v) is 11.3. The maximum atomic E-state index is 12.6. The van der Waals surface area contributed by atoms with Crippen molar-refractivity contribution < 1.29 is 9.53 Å². The van der Waals surface area contributed by atoms with Crippen LogP contribution < -0.4 is 10.6 Å². The zero-order valence-corrected chi connectivity index (χ0v) is 20.8. The fourth-order valence-electron chi connectivity index (χ4n) is 4.36. The standard InChI is InChI=1S/C21H34N4O2S.HI/c1-22-20(24-16-21(10-13-27-2)8-3-4-9-21)23-11-5-19(26)25-12-6-18-17(15-25)7-14-28-18;/h7,14H,3-6,8-13,15-16H2,1-2H3,(H2,22,23,24);1H. The van der Waals surface area contributed by atoms with Crippen LogP contribution in [0.4, 0.5) is 0 Å². The van der Waals surface area contributed by atoms with Gasteiger partial charge in [-0.1, -0.05) is 12.8 Å². The molecule has 3 rings (SSSR count). The Morgan fingerprint density at radius 2 is 2.14 bits per heavy atom. The molecule has 2 N–H and O–H groups in total. The van der Waals surface area contributed by atoms with Crippen LogP contribution in [0.15, 0.2) is 16.4 Å². The van der Waals surface area contributed by atoms with Gasteiger partial charge in [-0.2, -0.15) is 0 Å². The number of aliphatic imine (C=N–C) groups is 1. The lowest BCUT2D eigenvalue weighted by Gasteiger charge is -2.30. The summed E-state index contributed by atoms with van der Waals surface area (Å²) in [6.45, 7) is 3.92. The number of carbonyl (C=O) groups excluding carboxylic acids is 1. The number of amides is 1. The summed E-state index contributed by atoms with van der Waals surface area (Å²) < 4.78 is 5.31. The van der Waals surface area contributed by atoms with Crippen LogP contribution in [0.25, 0.3) is 0 Å². The number of rotatable bonds is 8. The fraction of sp³-hybridized carbons (Fsp3) is 0.714. The molecule has 29 heavy (non-hydrogen) atoms. The lowest BCUT2D eigenvalue weighted by Crippen LogP contribution is -2.44. The zero-order chi connectivity index (χ0) is 19.8. The van der Waals surface area contributed by atoms with Crippen molar-refractivity contribution in [1.29, 1.82) is 0 Å². The molecule has 0 unspecified atom stereocenters. The largest absolute Gasteiger partial charge is 0.385 e. The van der Waals surface area contributed by atoms with Crippen LogP contribution in [-0.2, 0) is 22.5 Å². The summed E-state index contributed by atoms with van der Waals surface area (Å²) in [5, 5.41) is 8.92. The van der Waals surface area contributed by atoms with Crippen LogP contribution >= 0.6 is 35.3 Å². The summed E-state index contributed by atoms with van der Waals surface area (Å²) in [7, 11) is 3.56. The number of halogens is 1. The average molecular weight is 535 g/mol. The molecular weight excluding hydrogens is 499 g/mol. The second-order valence-electron chi connectivity index (χ2n) is 7.99. The quantitative estimate of drug-likeness (QED) is 0.305. The van der Waals surface area contributed by atoms with Crippen molar-refractivity contribution in [1.82, 2.24) is 15.5 Å². The summed E-state index contributed by atoms with van der Waals surface area (Å²) in [6, 6.07) is 2.14. The highest BCUT2D eigenvalue weighted by molar-refractivity contribution is 14.0. The van der Waals surface area contributed by atoms with Crippen LogP contribution in [0.5, 0.6) is 0 Å². The van der Waals surface area contributed by atoms with Gasteiger partial charge in [-0.15, -0.1) is 35.3 Å². The monoisotopic (exact) mass is 534 g/mol. The van der Waals surface area contributed by atoms with Crippen molar-refractivity contribution in [2.45, 2.75) is 51.5 Å². The number of nitrogens with zero attached hydrogens (tertiary/aromatic N) is 2. The molecule has 1 aliphatic heterocycles. The van der Waals surface area contributed by atoms with Gasteiger partial charge in [0.2, 0.25) is 5.91 Å². The maximum absolute atomic E-state index is 12.6. The molecule has 2 aliphatic rings. The molecule has 1 aromatic heterocycles. The molecule has 8 heteroatoms. The second-order valence-corrected chi connectivity index (χ2v) is 8.99. The molecule has 1 amide bonds. The molecule has 1 aliphatic carbocycles. The Morgan fingerprint density at radius 3 is 2.86 bits per heavy atom. The third kappa shape index (κ3) is 6.82. The highest BCUT2D eigenvalue weighted by atomic mass is 127. The van der Waals surface area contributed by atoms with E-state index in [0.29, 0.717) is 18.4 Å². The molecule has 1 fully saturated rings. The van der Waals surface area contributed by atoms with Gasteiger partial charge in [0.1, 0.15) is 0 Å². The molecule has 1 aromatic rings. The van der Waals surface area contributed by atoms with E-state index in [-0.39, 0.29) is 29.9 Å². The third-order valence-corrected chi connectivity index (χ3v) is 7.17. The molecule has 0 spiro atoms. The summed E-state index contributed by atoms with van der Waals surface area (Å²) in [4.78, 5) is 20.3. The van der Waals surface area contributed by atoms with Gasteiger partial charge in [0.15, 0.2) is 5.96 Å². The SMILES string of the molecule is CN=C(NCCC(=O)N1CCc2sccc2C1)NCC1(CCOC)CCCC1.I. The van der Waals surface area contributed by atoms with E-state index in [4.69, 9.17) is 4.74 Å². The minimum Gasteiger partial charge on any atom is -0.385 e. The van der Waals surface area contributed by atoms with Crippen LogP contribution in [0, 0.1) is 5.41 Å². The van der Waals surface area contributed by atoms with Crippen molar-refractivity contribution >= 4 is 47.2 Å². The molecule has 164 valence electrons. The lowest BCUT2D eigenvalue weighted by molar-refractivity contribution is -0.131. The first kappa shape index (κ1) is 24.4. The van der Waals surface area contributed by atoms with E-state index >= 15 is 0 Å². The van der Waals surface area contributed by atoms with Crippen molar-refractivity contribution in [2.75, 3.05) is 40.4 Å². The molecule has 0 atom stereocenters. The van der Waals surface area contributed by atoms with Crippen molar-refractivity contribution in [3.8, 4) is 0 Å². The first-order valence-electron chi connectivity index (χ1n) is 10.4. The number of guanidine groups is 1. The van der Waals surface area contributed by atoms with E-state index in [9.17, 15) is 4.79 Å². The van der Waals surface area contributed by atoms with Crippen LogP contribution in [0.1, 0.15) is 49.0 Å². The van der Waals surface area contributed by atoms with Gasteiger partial charge < -0.3 is 20.3 Å². The summed E-state index contributed by atoms with van der Waals surface area (Å²) in [5.41, 5.74) is 1.63. The van der Waals surface area contributed by atoms with Gasteiger partial charge in [0, 0.05) is 58.2 Å². The van der Waals surface area contributed by atoms with Crippen molar-refractivity contribution in [3.05, 3.63) is 21.9 Å². The summed E-state index contributed by atoms with van der Waals surface area (Å²) in [6.07, 6.45) is 7.66. The van der Waals surface area contributed by atoms with E-state index in [1.54, 1.807) is 25.5 Å². The topological polar surface area (TPSA) is 66.0 Å². The zero-order valence-electron chi connectivity index (χ0n) is 17.7. The van der Waals surface area contributed by atoms with Gasteiger partial charge in [0.05, 0.1) is 0 Å². The minimum atomic E-state index is 0. The smallest absolute Gasteiger partial charge is 0.224 e. The summed E-state index contributed by atoms with van der Waals surface area (Å²) in [5.74, 6) is 1.00. The van der Waals surface area contributed by atoms with Gasteiger partial charge >= 0.3 is 0 Å². The van der Waals surface area contributed by atoms with Gasteiger partial charge in [0.25, 0.3) is 0 Å². The van der Waals surface area contributed by atoms with Gasteiger partial charge in [-0.3, -0.25) is 9.79 Å². The Labute approximate surface area is 195 Å². The maximum Gasteiger partial charge on any atom is 0.224 e.